The first-order valence-electron chi connectivity index (χ1n) is 9.96. The summed E-state index contributed by atoms with van der Waals surface area (Å²) in [5.74, 6) is 1.56. The van der Waals surface area contributed by atoms with E-state index in [1.807, 2.05) is 0 Å². The number of hydrogen-bond acceptors (Lipinski definition) is 4. The van der Waals surface area contributed by atoms with Crippen LogP contribution >= 0.6 is 0 Å². The zero-order valence-electron chi connectivity index (χ0n) is 17.1. The van der Waals surface area contributed by atoms with E-state index >= 15 is 0 Å². The van der Waals surface area contributed by atoms with Crippen LogP contribution in [0.1, 0.15) is 64.3 Å². The molecule has 0 aliphatic carbocycles. The van der Waals surface area contributed by atoms with E-state index in [9.17, 15) is 0 Å². The van der Waals surface area contributed by atoms with Crippen LogP contribution in [0.25, 0.3) is 21.8 Å². The fourth-order valence-electron chi connectivity index (χ4n) is 3.07. The summed E-state index contributed by atoms with van der Waals surface area (Å²) in [4.78, 5) is 9.87. The molecule has 0 saturated heterocycles. The van der Waals surface area contributed by atoms with Crippen molar-refractivity contribution in [2.45, 2.75) is 52.9 Å². The highest BCUT2D eigenvalue weighted by atomic mass is 16.5. The van der Waals surface area contributed by atoms with Gasteiger partial charge in [0.2, 0.25) is 0 Å². The van der Waals surface area contributed by atoms with Crippen LogP contribution in [0.5, 0.6) is 5.75 Å². The average Bonchev–Trinajstić information content (AvgIpc) is 2.66. The topological polar surface area (TPSA) is 44.2 Å². The third-order valence-electron chi connectivity index (χ3n) is 4.66. The Morgan fingerprint density at radius 3 is 2.22 bits per heavy atom. The molecule has 2 heterocycles. The Balaban J connectivity index is 2.08. The van der Waals surface area contributed by atoms with Crippen LogP contribution in [0.4, 0.5) is 0 Å². The molecule has 0 bridgehead atoms. The molecule has 0 unspecified atom stereocenters. The van der Waals surface area contributed by atoms with Gasteiger partial charge in [-0.15, -0.1) is 0 Å². The number of aromatic nitrogens is 2. The largest absolute Gasteiger partial charge is 0.490 e. The van der Waals surface area contributed by atoms with E-state index in [-0.39, 0.29) is 0 Å². The van der Waals surface area contributed by atoms with Gasteiger partial charge < -0.3 is 9.47 Å². The number of pyridine rings is 2. The number of fused-ring (bicyclic) bond motifs is 3. The second-order valence-electron chi connectivity index (χ2n) is 7.59. The molecule has 27 heavy (non-hydrogen) atoms. The van der Waals surface area contributed by atoms with Crippen molar-refractivity contribution in [2.24, 2.45) is 0 Å². The molecule has 0 atom stereocenters. The van der Waals surface area contributed by atoms with Crippen LogP contribution < -0.4 is 4.74 Å². The highest BCUT2D eigenvalue weighted by Gasteiger charge is 2.14. The number of ether oxygens (including phenoxy) is 2. The van der Waals surface area contributed by atoms with Gasteiger partial charge in [-0.25, -0.2) is 4.98 Å². The number of nitrogens with zero attached hydrogens (tertiary/aromatic N) is 2. The van der Waals surface area contributed by atoms with Crippen LogP contribution in [0, 0.1) is 0 Å². The van der Waals surface area contributed by atoms with Gasteiger partial charge in [-0.05, 0) is 30.4 Å². The molecule has 2 aromatic heterocycles. The van der Waals surface area contributed by atoms with E-state index in [4.69, 9.17) is 19.4 Å². The van der Waals surface area contributed by atoms with Gasteiger partial charge in [0, 0.05) is 34.8 Å². The molecular formula is C23H30N2O2. The second-order valence-corrected chi connectivity index (χ2v) is 7.59. The highest BCUT2D eigenvalue weighted by molar-refractivity contribution is 6.05. The summed E-state index contributed by atoms with van der Waals surface area (Å²) >= 11 is 0. The molecule has 0 aliphatic heterocycles. The van der Waals surface area contributed by atoms with Gasteiger partial charge in [0.25, 0.3) is 0 Å². The Labute approximate surface area is 161 Å². The summed E-state index contributed by atoms with van der Waals surface area (Å²) < 4.78 is 11.6. The van der Waals surface area contributed by atoms with Gasteiger partial charge in [-0.2, -0.15) is 0 Å². The van der Waals surface area contributed by atoms with Crippen LogP contribution in [0.2, 0.25) is 0 Å². The van der Waals surface area contributed by atoms with Crippen LogP contribution in [-0.4, -0.2) is 29.8 Å². The number of rotatable bonds is 8. The molecular weight excluding hydrogens is 336 g/mol. The lowest BCUT2D eigenvalue weighted by Crippen LogP contribution is -2.08. The van der Waals surface area contributed by atoms with E-state index in [0.29, 0.717) is 25.0 Å². The maximum Gasteiger partial charge on any atom is 0.130 e. The first-order valence-corrected chi connectivity index (χ1v) is 9.96. The van der Waals surface area contributed by atoms with Gasteiger partial charge in [-0.3, -0.25) is 4.98 Å². The zero-order valence-corrected chi connectivity index (χ0v) is 17.1. The van der Waals surface area contributed by atoms with Gasteiger partial charge in [0.05, 0.1) is 12.1 Å². The minimum Gasteiger partial charge on any atom is -0.490 e. The lowest BCUT2D eigenvalue weighted by molar-refractivity contribution is 0.101. The van der Waals surface area contributed by atoms with Gasteiger partial charge >= 0.3 is 0 Å². The maximum absolute atomic E-state index is 6.09. The quantitative estimate of drug-likeness (QED) is 0.371. The van der Waals surface area contributed by atoms with Crippen molar-refractivity contribution < 1.29 is 9.47 Å². The molecule has 0 spiro atoms. The molecule has 0 saturated carbocycles. The lowest BCUT2D eigenvalue weighted by Gasteiger charge is -2.15. The van der Waals surface area contributed by atoms with Crippen LogP contribution in [-0.2, 0) is 4.74 Å². The summed E-state index contributed by atoms with van der Waals surface area (Å²) in [5, 5.41) is 2.12. The SMILES string of the molecule is CCCOCCOc1cc(C(C)C)nc2c1ccc1ccc(C(C)C)nc12. The van der Waals surface area contributed by atoms with Crippen molar-refractivity contribution >= 4 is 21.8 Å². The van der Waals surface area contributed by atoms with Crippen molar-refractivity contribution in [1.82, 2.24) is 9.97 Å². The molecule has 3 rings (SSSR count). The first-order chi connectivity index (χ1) is 13.0. The summed E-state index contributed by atoms with van der Waals surface area (Å²) in [6.07, 6.45) is 1.02. The third kappa shape index (κ3) is 4.38. The van der Waals surface area contributed by atoms with Crippen molar-refractivity contribution in [3.8, 4) is 5.75 Å². The molecule has 4 nitrogen and oxygen atoms in total. The van der Waals surface area contributed by atoms with Crippen molar-refractivity contribution in [3.05, 3.63) is 41.7 Å². The minimum absolute atomic E-state index is 0.316. The monoisotopic (exact) mass is 366 g/mol. The van der Waals surface area contributed by atoms with Crippen LogP contribution in [0.3, 0.4) is 0 Å². The highest BCUT2D eigenvalue weighted by Crippen LogP contribution is 2.33. The molecule has 0 radical (unpaired) electrons. The molecule has 0 fully saturated rings. The predicted octanol–water partition coefficient (Wildman–Crippen LogP) is 5.84. The Bertz CT molecular complexity index is 919. The molecule has 0 aliphatic rings. The molecule has 4 heteroatoms. The standard InChI is InChI=1S/C23H30N2O2/c1-6-11-26-12-13-27-21-14-20(16(4)5)25-23-18(21)9-7-17-8-10-19(15(2)3)24-22(17)23/h7-10,14-16H,6,11-13H2,1-5H3. The van der Waals surface area contributed by atoms with Crippen molar-refractivity contribution in [3.63, 3.8) is 0 Å². The molecule has 0 amide bonds. The minimum atomic E-state index is 0.316. The van der Waals surface area contributed by atoms with E-state index in [1.54, 1.807) is 0 Å². The van der Waals surface area contributed by atoms with Crippen LogP contribution in [0.15, 0.2) is 30.3 Å². The van der Waals surface area contributed by atoms with E-state index < -0.39 is 0 Å². The molecule has 3 aromatic rings. The fourth-order valence-corrected chi connectivity index (χ4v) is 3.07. The normalized spacial score (nSPS) is 11.8. The number of hydrogen-bond donors (Lipinski definition) is 0. The second kappa shape index (κ2) is 8.66. The maximum atomic E-state index is 6.09. The van der Waals surface area contributed by atoms with Gasteiger partial charge in [0.15, 0.2) is 0 Å². The summed E-state index contributed by atoms with van der Waals surface area (Å²) in [7, 11) is 0. The number of benzene rings is 1. The summed E-state index contributed by atoms with van der Waals surface area (Å²) in [6, 6.07) is 10.5. The summed E-state index contributed by atoms with van der Waals surface area (Å²) in [5.41, 5.74) is 3.98. The zero-order chi connectivity index (χ0) is 19.4. The third-order valence-corrected chi connectivity index (χ3v) is 4.66. The average molecular weight is 367 g/mol. The van der Waals surface area contributed by atoms with E-state index in [0.717, 1.165) is 52.0 Å². The first kappa shape index (κ1) is 19.6. The van der Waals surface area contributed by atoms with E-state index in [1.165, 1.54) is 0 Å². The van der Waals surface area contributed by atoms with Gasteiger partial charge in [0.1, 0.15) is 17.9 Å². The predicted molar refractivity (Wildman–Crippen MR) is 112 cm³/mol. The Hall–Kier alpha value is -2.20. The van der Waals surface area contributed by atoms with Gasteiger partial charge in [-0.1, -0.05) is 46.8 Å². The molecule has 144 valence electrons. The Morgan fingerprint density at radius 1 is 0.815 bits per heavy atom. The summed E-state index contributed by atoms with van der Waals surface area (Å²) in [6.45, 7) is 12.6. The van der Waals surface area contributed by atoms with Crippen molar-refractivity contribution in [2.75, 3.05) is 19.8 Å². The lowest BCUT2D eigenvalue weighted by atomic mass is 10.0. The Kier molecular flexibility index (Phi) is 6.27. The fraction of sp³-hybridized carbons (Fsp3) is 0.478. The Morgan fingerprint density at radius 2 is 1.52 bits per heavy atom. The molecule has 1 aromatic carbocycles. The smallest absolute Gasteiger partial charge is 0.130 e. The van der Waals surface area contributed by atoms with E-state index in [2.05, 4.69) is 65.0 Å². The van der Waals surface area contributed by atoms with Crippen molar-refractivity contribution in [1.29, 1.82) is 0 Å². The molecule has 0 N–H and O–H groups in total.